The van der Waals surface area contributed by atoms with Gasteiger partial charge in [0.15, 0.2) is 0 Å². The zero-order valence-electron chi connectivity index (χ0n) is 27.9. The minimum Gasteiger partial charge on any atom is -0.508 e. The highest BCUT2D eigenvalue weighted by molar-refractivity contribution is 6.01. The van der Waals surface area contributed by atoms with Crippen LogP contribution >= 0.6 is 0 Å². The number of phenols is 1. The van der Waals surface area contributed by atoms with Gasteiger partial charge in [0.1, 0.15) is 29.9 Å². The fraction of sp³-hybridized carbons (Fsp3) is 0.378. The second-order valence-corrected chi connectivity index (χ2v) is 12.8. The van der Waals surface area contributed by atoms with E-state index in [9.17, 15) is 29.1 Å². The van der Waals surface area contributed by atoms with Gasteiger partial charge in [-0.2, -0.15) is 0 Å². The molecule has 0 spiro atoms. The lowest BCUT2D eigenvalue weighted by Crippen LogP contribution is -2.60. The Morgan fingerprint density at radius 1 is 0.776 bits per heavy atom. The van der Waals surface area contributed by atoms with Crippen molar-refractivity contribution in [3.8, 4) is 5.75 Å². The van der Waals surface area contributed by atoms with Crippen LogP contribution in [0.1, 0.15) is 43.4 Å². The summed E-state index contributed by atoms with van der Waals surface area (Å²) in [7, 11) is 0. The van der Waals surface area contributed by atoms with Crippen molar-refractivity contribution < 1.29 is 29.1 Å². The number of nitrogens with one attached hydrogen (secondary N) is 5. The predicted molar refractivity (Wildman–Crippen MR) is 185 cm³/mol. The van der Waals surface area contributed by atoms with Gasteiger partial charge in [-0.15, -0.1) is 0 Å². The van der Waals surface area contributed by atoms with Gasteiger partial charge in [-0.1, -0.05) is 86.6 Å². The van der Waals surface area contributed by atoms with Crippen LogP contribution in [0.5, 0.6) is 5.75 Å². The Kier molecular flexibility index (Phi) is 13.3. The molecule has 1 fully saturated rings. The number of phenolic OH excluding ortho intramolecular Hbond substituents is 1. The molecule has 3 aromatic carbocycles. The summed E-state index contributed by atoms with van der Waals surface area (Å²) in [6.07, 6.45) is -0.146. The van der Waals surface area contributed by atoms with Gasteiger partial charge >= 0.3 is 0 Å². The molecule has 4 rings (SSSR count). The van der Waals surface area contributed by atoms with Crippen molar-refractivity contribution in [3.05, 3.63) is 102 Å². The Hall–Kier alpha value is -5.23. The van der Waals surface area contributed by atoms with Crippen LogP contribution in [0, 0.1) is 11.8 Å². The summed E-state index contributed by atoms with van der Waals surface area (Å²) in [6.45, 7) is 3.77. The minimum atomic E-state index is -1.16. The van der Waals surface area contributed by atoms with E-state index in [2.05, 4.69) is 26.6 Å². The van der Waals surface area contributed by atoms with Gasteiger partial charge < -0.3 is 37.4 Å². The van der Waals surface area contributed by atoms with Crippen molar-refractivity contribution >= 4 is 29.5 Å². The van der Waals surface area contributed by atoms with Crippen molar-refractivity contribution in [1.82, 2.24) is 26.6 Å². The summed E-state index contributed by atoms with van der Waals surface area (Å²) in [4.78, 5) is 68.1. The van der Waals surface area contributed by atoms with Crippen LogP contribution < -0.4 is 32.3 Å². The summed E-state index contributed by atoms with van der Waals surface area (Å²) in [5, 5.41) is 23.6. The number of rotatable bonds is 10. The molecule has 0 bridgehead atoms. The molecule has 1 saturated heterocycles. The zero-order valence-corrected chi connectivity index (χ0v) is 27.9. The molecule has 260 valence electrons. The van der Waals surface area contributed by atoms with E-state index in [-0.39, 0.29) is 50.3 Å². The largest absolute Gasteiger partial charge is 0.508 e. The third kappa shape index (κ3) is 11.5. The molecule has 5 amide bonds. The molecule has 0 saturated carbocycles. The number of hydrogen-bond acceptors (Lipinski definition) is 7. The molecule has 0 unspecified atom stereocenters. The number of carbonyl (C=O) groups excluding carboxylic acids is 5. The highest BCUT2D eigenvalue weighted by atomic mass is 16.3. The van der Waals surface area contributed by atoms with Gasteiger partial charge in [-0.05, 0) is 54.0 Å². The Morgan fingerprint density at radius 3 is 1.98 bits per heavy atom. The number of benzene rings is 3. The number of nitrogens with two attached hydrogens (primary N) is 1. The van der Waals surface area contributed by atoms with Crippen LogP contribution in [0.25, 0.3) is 0 Å². The molecular formula is C37H46N6O6. The summed E-state index contributed by atoms with van der Waals surface area (Å²) in [6, 6.07) is 21.5. The first-order valence-electron chi connectivity index (χ1n) is 16.6. The highest BCUT2D eigenvalue weighted by Gasteiger charge is 2.33. The smallest absolute Gasteiger partial charge is 0.244 e. The topological polar surface area (TPSA) is 192 Å². The molecule has 5 atom stereocenters. The van der Waals surface area contributed by atoms with Crippen LogP contribution in [0.4, 0.5) is 0 Å². The molecule has 0 aliphatic carbocycles. The van der Waals surface area contributed by atoms with E-state index in [4.69, 9.17) is 5.73 Å². The fourth-order valence-corrected chi connectivity index (χ4v) is 5.66. The first-order chi connectivity index (χ1) is 23.5. The molecule has 1 aliphatic rings. The van der Waals surface area contributed by atoms with Crippen LogP contribution in [-0.2, 0) is 43.2 Å². The second kappa shape index (κ2) is 17.8. The lowest BCUT2D eigenvalue weighted by atomic mass is 9.94. The molecule has 12 nitrogen and oxygen atoms in total. The van der Waals surface area contributed by atoms with E-state index in [0.29, 0.717) is 5.56 Å². The van der Waals surface area contributed by atoms with Crippen LogP contribution in [-0.4, -0.2) is 65.5 Å². The highest BCUT2D eigenvalue weighted by Crippen LogP contribution is 2.15. The van der Waals surface area contributed by atoms with Gasteiger partial charge in [-0.3, -0.25) is 24.0 Å². The maximum Gasteiger partial charge on any atom is 0.244 e. The summed E-state index contributed by atoms with van der Waals surface area (Å²) < 4.78 is 0. The van der Waals surface area contributed by atoms with E-state index < -0.39 is 59.7 Å². The summed E-state index contributed by atoms with van der Waals surface area (Å²) >= 11 is 0. The van der Waals surface area contributed by atoms with Crippen molar-refractivity contribution in [2.24, 2.45) is 17.6 Å². The summed E-state index contributed by atoms with van der Waals surface area (Å²) in [5.74, 6) is -3.81. The Bertz CT molecular complexity index is 1570. The number of aromatic hydroxyl groups is 1. The normalized spacial score (nSPS) is 21.4. The van der Waals surface area contributed by atoms with E-state index in [1.54, 1.807) is 12.1 Å². The number of carbonyl (C=O) groups is 5. The molecule has 8 N–H and O–H groups in total. The molecular weight excluding hydrogens is 624 g/mol. The zero-order chi connectivity index (χ0) is 35.3. The molecule has 0 aromatic heterocycles. The SMILES string of the molecule is CC(C)C[C@H]1C(=O)NCC[C@H](NC(=O)[C@H](N)Cc2ccc(O)cc2)C(=O)N[C@H](Cc2ccccc2)C(=O)N[C@H](Cc2ccccc2)NC1=O. The molecule has 49 heavy (non-hydrogen) atoms. The van der Waals surface area contributed by atoms with Crippen LogP contribution in [0.15, 0.2) is 84.9 Å². The van der Waals surface area contributed by atoms with Crippen molar-refractivity contribution in [2.45, 2.75) is 70.2 Å². The van der Waals surface area contributed by atoms with Crippen LogP contribution in [0.2, 0.25) is 0 Å². The van der Waals surface area contributed by atoms with Crippen molar-refractivity contribution in [1.29, 1.82) is 0 Å². The average Bonchev–Trinajstić information content (AvgIpc) is 3.07. The third-order valence-corrected chi connectivity index (χ3v) is 8.27. The Labute approximate surface area is 286 Å². The predicted octanol–water partition coefficient (Wildman–Crippen LogP) is 1.46. The maximum absolute atomic E-state index is 13.9. The Morgan fingerprint density at radius 2 is 1.37 bits per heavy atom. The average molecular weight is 671 g/mol. The number of amides is 5. The molecule has 12 heteroatoms. The molecule has 1 heterocycles. The molecule has 1 aliphatic heterocycles. The summed E-state index contributed by atoms with van der Waals surface area (Å²) in [5.41, 5.74) is 8.54. The van der Waals surface area contributed by atoms with Crippen LogP contribution in [0.3, 0.4) is 0 Å². The van der Waals surface area contributed by atoms with Gasteiger partial charge in [0.25, 0.3) is 0 Å². The van der Waals surface area contributed by atoms with Gasteiger partial charge in [-0.25, -0.2) is 0 Å². The first-order valence-corrected chi connectivity index (χ1v) is 16.6. The number of hydrogen-bond donors (Lipinski definition) is 7. The lowest BCUT2D eigenvalue weighted by Gasteiger charge is -2.29. The van der Waals surface area contributed by atoms with Crippen molar-refractivity contribution in [2.75, 3.05) is 6.54 Å². The minimum absolute atomic E-state index is 0.00526. The van der Waals surface area contributed by atoms with Gasteiger partial charge in [0.05, 0.1) is 6.04 Å². The van der Waals surface area contributed by atoms with E-state index in [1.165, 1.54) is 12.1 Å². The van der Waals surface area contributed by atoms with Gasteiger partial charge in [0, 0.05) is 19.4 Å². The molecule has 3 aromatic rings. The monoisotopic (exact) mass is 670 g/mol. The Balaban J connectivity index is 1.63. The quantitative estimate of drug-likeness (QED) is 0.159. The van der Waals surface area contributed by atoms with Crippen molar-refractivity contribution in [3.63, 3.8) is 0 Å². The second-order valence-electron chi connectivity index (χ2n) is 12.8. The first kappa shape index (κ1) is 36.6. The third-order valence-electron chi connectivity index (χ3n) is 8.27. The van der Waals surface area contributed by atoms with E-state index in [1.807, 2.05) is 74.5 Å². The van der Waals surface area contributed by atoms with Gasteiger partial charge in [0.2, 0.25) is 29.5 Å². The fourth-order valence-electron chi connectivity index (χ4n) is 5.66. The lowest BCUT2D eigenvalue weighted by molar-refractivity contribution is -0.137. The van der Waals surface area contributed by atoms with E-state index in [0.717, 1.165) is 11.1 Å². The standard InChI is InChI=1S/C37H46N6O6/c1-23(2)19-28-33(45)39-18-17-30(40-35(47)29(38)20-26-13-15-27(44)16-14-26)36(48)41-31(21-24-9-5-3-6-10-24)37(49)43-32(42-34(28)46)22-25-11-7-4-8-12-25/h3-16,23,28-32,44H,17-22,38H2,1-2H3,(H,39,45)(H,40,47)(H,41,48)(H,42,46)(H,43,49)/t28-,29+,30-,31+,32+/m0/s1. The van der Waals surface area contributed by atoms with E-state index >= 15 is 0 Å². The molecule has 0 radical (unpaired) electrons. The maximum atomic E-state index is 13.9.